The van der Waals surface area contributed by atoms with E-state index >= 15 is 0 Å². The predicted molar refractivity (Wildman–Crippen MR) is 272 cm³/mol. The summed E-state index contributed by atoms with van der Waals surface area (Å²) in [6.45, 7) is 2.30. The van der Waals surface area contributed by atoms with Gasteiger partial charge in [-0.1, -0.05) is 213 Å². The summed E-state index contributed by atoms with van der Waals surface area (Å²) < 4.78 is 0. The van der Waals surface area contributed by atoms with Crippen molar-refractivity contribution in [3.05, 3.63) is 230 Å². The van der Waals surface area contributed by atoms with E-state index in [4.69, 9.17) is 15.0 Å². The number of benzene rings is 10. The van der Waals surface area contributed by atoms with Gasteiger partial charge in [-0.3, -0.25) is 0 Å². The molecule has 65 heavy (non-hydrogen) atoms. The van der Waals surface area contributed by atoms with Crippen molar-refractivity contribution in [3.63, 3.8) is 0 Å². The molecule has 12 rings (SSSR count). The topological polar surface area (TPSA) is 38.7 Å². The van der Waals surface area contributed by atoms with E-state index in [1.165, 1.54) is 76.8 Å². The zero-order valence-corrected chi connectivity index (χ0v) is 36.0. The Morgan fingerprint density at radius 1 is 0.338 bits per heavy atom. The molecule has 3 nitrogen and oxygen atoms in total. The summed E-state index contributed by atoms with van der Waals surface area (Å²) in [5.74, 6) is 2.39. The number of rotatable bonds is 7. The van der Waals surface area contributed by atoms with Crippen molar-refractivity contribution in [2.75, 3.05) is 0 Å². The molecule has 0 spiro atoms. The summed E-state index contributed by atoms with van der Waals surface area (Å²) in [7, 11) is 0. The Hall–Kier alpha value is -8.27. The average molecular weight is 830 g/mol. The molecule has 0 N–H and O–H groups in total. The van der Waals surface area contributed by atoms with Crippen LogP contribution in [0, 0.1) is 5.92 Å². The Labute approximate surface area is 379 Å². The van der Waals surface area contributed by atoms with Gasteiger partial charge in [-0.2, -0.15) is 0 Å². The zero-order chi connectivity index (χ0) is 43.3. The fourth-order valence-corrected chi connectivity index (χ4v) is 9.82. The molecule has 1 aliphatic rings. The van der Waals surface area contributed by atoms with Gasteiger partial charge in [0.15, 0.2) is 17.5 Å². The van der Waals surface area contributed by atoms with Gasteiger partial charge in [-0.25, -0.2) is 15.0 Å². The molecule has 306 valence electrons. The molecule has 1 unspecified atom stereocenters. The molecular weight excluding hydrogens is 787 g/mol. The lowest BCUT2D eigenvalue weighted by Gasteiger charge is -2.23. The van der Waals surface area contributed by atoms with Gasteiger partial charge in [0, 0.05) is 16.7 Å². The molecule has 0 saturated carbocycles. The van der Waals surface area contributed by atoms with Gasteiger partial charge < -0.3 is 0 Å². The van der Waals surface area contributed by atoms with Crippen LogP contribution in [-0.4, -0.2) is 15.0 Å². The highest BCUT2D eigenvalue weighted by Gasteiger charge is 2.21. The second kappa shape index (κ2) is 16.1. The van der Waals surface area contributed by atoms with E-state index in [1.54, 1.807) is 0 Å². The highest BCUT2D eigenvalue weighted by atomic mass is 15.0. The lowest BCUT2D eigenvalue weighted by atomic mass is 9.81. The van der Waals surface area contributed by atoms with Crippen LogP contribution >= 0.6 is 0 Å². The van der Waals surface area contributed by atoms with E-state index in [9.17, 15) is 0 Å². The summed E-state index contributed by atoms with van der Waals surface area (Å²) in [6.07, 6.45) is 5.71. The monoisotopic (exact) mass is 829 g/mol. The Balaban J connectivity index is 0.981. The van der Waals surface area contributed by atoms with Crippen molar-refractivity contribution >= 4 is 38.4 Å². The first-order chi connectivity index (χ1) is 32.1. The molecule has 1 heterocycles. The third kappa shape index (κ3) is 7.08. The van der Waals surface area contributed by atoms with E-state index in [2.05, 4.69) is 207 Å². The minimum atomic E-state index is 0.478. The maximum Gasteiger partial charge on any atom is 0.164 e. The van der Waals surface area contributed by atoms with E-state index in [0.717, 1.165) is 34.2 Å². The van der Waals surface area contributed by atoms with Crippen LogP contribution in [0.4, 0.5) is 0 Å². The van der Waals surface area contributed by atoms with Gasteiger partial charge in [0.1, 0.15) is 0 Å². The van der Waals surface area contributed by atoms with Crippen LogP contribution in [0.25, 0.3) is 117 Å². The van der Waals surface area contributed by atoms with E-state index < -0.39 is 0 Å². The van der Waals surface area contributed by atoms with Gasteiger partial charge in [0.05, 0.1) is 0 Å². The van der Waals surface area contributed by atoms with Crippen LogP contribution in [-0.2, 0) is 6.42 Å². The van der Waals surface area contributed by atoms with Crippen LogP contribution in [0.5, 0.6) is 0 Å². The third-order valence-electron chi connectivity index (χ3n) is 13.0. The lowest BCUT2D eigenvalue weighted by Crippen LogP contribution is -2.05. The Morgan fingerprint density at radius 3 is 1.46 bits per heavy atom. The summed E-state index contributed by atoms with van der Waals surface area (Å²) >= 11 is 0. The number of aromatic nitrogens is 3. The van der Waals surface area contributed by atoms with E-state index in [-0.39, 0.29) is 0 Å². The molecule has 1 atom stereocenters. The highest BCUT2D eigenvalue weighted by Crippen LogP contribution is 2.43. The molecule has 3 heteroatoms. The molecule has 0 saturated heterocycles. The molecule has 1 aliphatic carbocycles. The Morgan fingerprint density at radius 2 is 0.785 bits per heavy atom. The predicted octanol–water partition coefficient (Wildman–Crippen LogP) is 16.2. The van der Waals surface area contributed by atoms with Crippen molar-refractivity contribution in [1.29, 1.82) is 0 Å². The van der Waals surface area contributed by atoms with Gasteiger partial charge in [-0.05, 0) is 118 Å². The molecule has 0 amide bonds. The Kier molecular flexibility index (Phi) is 9.53. The molecule has 0 fully saturated rings. The number of fused-ring (bicyclic) bond motifs is 7. The maximum absolute atomic E-state index is 5.16. The SMILES string of the molecule is CC1C=Cc2c(ccc(-c3cccc(-c4nc(-c5ccccc5)nc(-c5ccc(-c6ccccc6)cc5)n4)c3)c2-c2cccc(-c3ccc4c5ccccc5c5ccccc5c4c3)c2)C1. The zero-order valence-electron chi connectivity index (χ0n) is 36.0. The minimum absolute atomic E-state index is 0.478. The fourth-order valence-electron chi connectivity index (χ4n) is 9.82. The maximum atomic E-state index is 5.16. The summed E-state index contributed by atoms with van der Waals surface area (Å²) in [4.78, 5) is 15.3. The van der Waals surface area contributed by atoms with Crippen LogP contribution in [0.3, 0.4) is 0 Å². The van der Waals surface area contributed by atoms with Gasteiger partial charge in [0.2, 0.25) is 0 Å². The number of hydrogen-bond donors (Lipinski definition) is 0. The second-order valence-corrected chi connectivity index (χ2v) is 17.2. The normalized spacial score (nSPS) is 13.3. The van der Waals surface area contributed by atoms with Crippen molar-refractivity contribution in [2.24, 2.45) is 5.92 Å². The van der Waals surface area contributed by atoms with Crippen molar-refractivity contribution in [3.8, 4) is 78.7 Å². The van der Waals surface area contributed by atoms with Gasteiger partial charge in [-0.15, -0.1) is 0 Å². The van der Waals surface area contributed by atoms with Crippen molar-refractivity contribution in [2.45, 2.75) is 13.3 Å². The molecule has 1 aromatic heterocycles. The van der Waals surface area contributed by atoms with Crippen LogP contribution in [0.15, 0.2) is 218 Å². The lowest BCUT2D eigenvalue weighted by molar-refractivity contribution is 0.717. The number of hydrogen-bond acceptors (Lipinski definition) is 3. The molecule has 11 aromatic rings. The van der Waals surface area contributed by atoms with Gasteiger partial charge >= 0.3 is 0 Å². The second-order valence-electron chi connectivity index (χ2n) is 17.2. The first kappa shape index (κ1) is 38.4. The highest BCUT2D eigenvalue weighted by molar-refractivity contribution is 6.25. The van der Waals surface area contributed by atoms with Crippen LogP contribution in [0.1, 0.15) is 18.1 Å². The summed E-state index contributed by atoms with van der Waals surface area (Å²) in [5, 5.41) is 7.69. The molecule has 0 radical (unpaired) electrons. The van der Waals surface area contributed by atoms with E-state index in [1.807, 2.05) is 24.3 Å². The first-order valence-corrected chi connectivity index (χ1v) is 22.5. The largest absolute Gasteiger partial charge is 0.208 e. The van der Waals surface area contributed by atoms with Gasteiger partial charge in [0.25, 0.3) is 0 Å². The quantitative estimate of drug-likeness (QED) is 0.150. The van der Waals surface area contributed by atoms with Crippen molar-refractivity contribution in [1.82, 2.24) is 15.0 Å². The van der Waals surface area contributed by atoms with Crippen LogP contribution in [0.2, 0.25) is 0 Å². The molecule has 10 aromatic carbocycles. The Bertz CT molecular complexity index is 3590. The summed E-state index contributed by atoms with van der Waals surface area (Å²) in [5.41, 5.74) is 14.9. The average Bonchev–Trinajstić information content (AvgIpc) is 3.38. The molecule has 0 aliphatic heterocycles. The standard InChI is InChI=1S/C62H43N3/c1-40-26-33-51-48(36-40)32-34-52(59(51)49-20-12-18-45(37-49)46-31-35-57-55-24-9-8-22-53(55)54-23-10-11-25-56(54)58(57)39-46)47-19-13-21-50(38-47)62-64-60(43-16-6-3-7-17-43)63-61(65-62)44-29-27-42(28-30-44)41-14-4-2-5-15-41/h2-35,37-40H,36H2,1H3. The fraction of sp³-hybridized carbons (Fsp3) is 0.0484. The summed E-state index contributed by atoms with van der Waals surface area (Å²) in [6, 6.07) is 76.2. The van der Waals surface area contributed by atoms with E-state index in [0.29, 0.717) is 23.4 Å². The smallest absolute Gasteiger partial charge is 0.164 e. The number of allylic oxidation sites excluding steroid dienone is 1. The number of nitrogens with zero attached hydrogens (tertiary/aromatic N) is 3. The molecular formula is C62H43N3. The minimum Gasteiger partial charge on any atom is -0.208 e. The third-order valence-corrected chi connectivity index (χ3v) is 13.0. The molecule has 0 bridgehead atoms. The first-order valence-electron chi connectivity index (χ1n) is 22.5. The van der Waals surface area contributed by atoms with Crippen LogP contribution < -0.4 is 0 Å². The van der Waals surface area contributed by atoms with Crippen molar-refractivity contribution < 1.29 is 0 Å².